The van der Waals surface area contributed by atoms with Crippen molar-refractivity contribution in [2.24, 2.45) is 5.92 Å². The van der Waals surface area contributed by atoms with Crippen LogP contribution in [0.3, 0.4) is 0 Å². The highest BCUT2D eigenvalue weighted by Gasteiger charge is 2.27. The van der Waals surface area contributed by atoms with E-state index in [-0.39, 0.29) is 10.8 Å². The highest BCUT2D eigenvalue weighted by Crippen LogP contribution is 2.21. The number of benzene rings is 1. The molecule has 2 aliphatic rings. The minimum absolute atomic E-state index is 0.156. The van der Waals surface area contributed by atoms with Crippen molar-refractivity contribution in [2.45, 2.75) is 50.5 Å². The molecule has 0 saturated carbocycles. The maximum Gasteiger partial charge on any atom is 0.251 e. The Labute approximate surface area is 163 Å². The van der Waals surface area contributed by atoms with Gasteiger partial charge in [0.25, 0.3) is 5.91 Å². The van der Waals surface area contributed by atoms with Crippen LogP contribution in [0.15, 0.2) is 29.2 Å². The minimum atomic E-state index is -3.43. The van der Waals surface area contributed by atoms with E-state index in [2.05, 4.69) is 24.1 Å². The van der Waals surface area contributed by atoms with Gasteiger partial charge in [-0.1, -0.05) is 6.92 Å². The topological polar surface area (TPSA) is 69.7 Å². The maximum absolute atomic E-state index is 12.6. The predicted octanol–water partition coefficient (Wildman–Crippen LogP) is 2.32. The summed E-state index contributed by atoms with van der Waals surface area (Å²) in [5, 5.41) is 2.98. The number of sulfonamides is 1. The van der Waals surface area contributed by atoms with Crippen LogP contribution in [0.25, 0.3) is 0 Å². The van der Waals surface area contributed by atoms with Crippen LogP contribution in [0.4, 0.5) is 0 Å². The van der Waals surface area contributed by atoms with Crippen molar-refractivity contribution in [3.63, 3.8) is 0 Å². The Morgan fingerprint density at radius 2 is 1.81 bits per heavy atom. The zero-order valence-electron chi connectivity index (χ0n) is 16.4. The van der Waals surface area contributed by atoms with Crippen molar-refractivity contribution in [2.75, 3.05) is 32.7 Å². The van der Waals surface area contributed by atoms with E-state index in [1.807, 2.05) is 0 Å². The first-order valence-corrected chi connectivity index (χ1v) is 11.4. The average Bonchev–Trinajstić information content (AvgIpc) is 3.21. The Morgan fingerprint density at radius 3 is 2.44 bits per heavy atom. The highest BCUT2D eigenvalue weighted by molar-refractivity contribution is 7.89. The number of amides is 1. The molecule has 1 amide bonds. The second-order valence-corrected chi connectivity index (χ2v) is 9.87. The van der Waals surface area contributed by atoms with Gasteiger partial charge in [0.1, 0.15) is 0 Å². The van der Waals surface area contributed by atoms with E-state index < -0.39 is 10.0 Å². The fourth-order valence-electron chi connectivity index (χ4n) is 3.95. The molecule has 1 aromatic rings. The summed E-state index contributed by atoms with van der Waals surface area (Å²) in [5.41, 5.74) is 0.495. The normalized spacial score (nSPS) is 23.3. The molecule has 1 aromatic carbocycles. The van der Waals surface area contributed by atoms with E-state index in [0.717, 1.165) is 25.9 Å². The Hall–Kier alpha value is -1.44. The molecular weight excluding hydrogens is 362 g/mol. The fourth-order valence-corrected chi connectivity index (χ4v) is 5.47. The van der Waals surface area contributed by atoms with E-state index in [0.29, 0.717) is 37.2 Å². The average molecular weight is 394 g/mol. The van der Waals surface area contributed by atoms with Crippen molar-refractivity contribution in [1.29, 1.82) is 0 Å². The Balaban J connectivity index is 1.56. The van der Waals surface area contributed by atoms with Crippen LogP contribution in [0, 0.1) is 5.92 Å². The zero-order valence-corrected chi connectivity index (χ0v) is 17.2. The molecule has 3 rings (SSSR count). The van der Waals surface area contributed by atoms with E-state index in [1.165, 1.54) is 29.3 Å². The van der Waals surface area contributed by atoms with Crippen LogP contribution in [-0.4, -0.2) is 62.3 Å². The number of hydrogen-bond donors (Lipinski definition) is 1. The Bertz CT molecular complexity index is 742. The van der Waals surface area contributed by atoms with Crippen molar-refractivity contribution in [3.8, 4) is 0 Å². The quantitative estimate of drug-likeness (QED) is 0.805. The van der Waals surface area contributed by atoms with Gasteiger partial charge in [-0.3, -0.25) is 9.69 Å². The molecule has 2 heterocycles. The number of rotatable bonds is 6. The van der Waals surface area contributed by atoms with Crippen LogP contribution in [0.1, 0.15) is 49.9 Å². The van der Waals surface area contributed by atoms with Crippen LogP contribution < -0.4 is 5.32 Å². The van der Waals surface area contributed by atoms with Gasteiger partial charge in [0.05, 0.1) is 4.90 Å². The van der Waals surface area contributed by atoms with Crippen LogP contribution in [-0.2, 0) is 10.0 Å². The summed E-state index contributed by atoms with van der Waals surface area (Å²) in [7, 11) is -3.43. The molecule has 7 heteroatoms. The molecule has 0 aromatic heterocycles. The van der Waals surface area contributed by atoms with E-state index in [4.69, 9.17) is 0 Å². The van der Waals surface area contributed by atoms with Gasteiger partial charge < -0.3 is 5.32 Å². The van der Waals surface area contributed by atoms with Crippen molar-refractivity contribution in [1.82, 2.24) is 14.5 Å². The summed E-state index contributed by atoms with van der Waals surface area (Å²) in [4.78, 5) is 15.1. The summed E-state index contributed by atoms with van der Waals surface area (Å²) in [6.45, 7) is 8.35. The summed E-state index contributed by atoms with van der Waals surface area (Å²) in [6.07, 6.45) is 4.32. The largest absolute Gasteiger partial charge is 0.350 e. The summed E-state index contributed by atoms with van der Waals surface area (Å²) >= 11 is 0. The smallest absolute Gasteiger partial charge is 0.251 e. The number of hydrogen-bond acceptors (Lipinski definition) is 4. The van der Waals surface area contributed by atoms with Crippen LogP contribution >= 0.6 is 0 Å². The lowest BCUT2D eigenvalue weighted by atomic mass is 9.99. The molecule has 2 unspecified atom stereocenters. The van der Waals surface area contributed by atoms with Gasteiger partial charge in [-0.25, -0.2) is 8.42 Å². The van der Waals surface area contributed by atoms with Gasteiger partial charge in [0.15, 0.2) is 0 Å². The zero-order chi connectivity index (χ0) is 19.4. The van der Waals surface area contributed by atoms with Gasteiger partial charge >= 0.3 is 0 Å². The third-order valence-corrected chi connectivity index (χ3v) is 7.60. The molecule has 1 N–H and O–H groups in total. The van der Waals surface area contributed by atoms with E-state index in [9.17, 15) is 13.2 Å². The number of carbonyl (C=O) groups is 1. The van der Waals surface area contributed by atoms with Crippen LogP contribution in [0.2, 0.25) is 0 Å². The summed E-state index contributed by atoms with van der Waals surface area (Å²) in [5.74, 6) is 0.555. The van der Waals surface area contributed by atoms with Gasteiger partial charge in [-0.05, 0) is 69.3 Å². The molecule has 6 nitrogen and oxygen atoms in total. The molecule has 2 aliphatic heterocycles. The van der Waals surface area contributed by atoms with Gasteiger partial charge in [-0.2, -0.15) is 4.31 Å². The predicted molar refractivity (Wildman–Crippen MR) is 106 cm³/mol. The van der Waals surface area contributed by atoms with Gasteiger partial charge in [0, 0.05) is 37.8 Å². The molecule has 0 aliphatic carbocycles. The lowest BCUT2D eigenvalue weighted by molar-refractivity contribution is 0.0917. The van der Waals surface area contributed by atoms with Crippen LogP contribution in [0.5, 0.6) is 0 Å². The number of carbonyl (C=O) groups excluding carboxylic acids is 1. The summed E-state index contributed by atoms with van der Waals surface area (Å²) in [6, 6.07) is 6.58. The lowest BCUT2D eigenvalue weighted by Crippen LogP contribution is -2.46. The Morgan fingerprint density at radius 1 is 1.15 bits per heavy atom. The molecule has 0 spiro atoms. The molecule has 2 fully saturated rings. The SMILES string of the molecule is CC1CCCN(C(C)CNC(=O)c2ccc(S(=O)(=O)N3CCCC3)cc2)C1. The molecule has 27 heavy (non-hydrogen) atoms. The highest BCUT2D eigenvalue weighted by atomic mass is 32.2. The maximum atomic E-state index is 12.6. The van der Waals surface area contributed by atoms with E-state index >= 15 is 0 Å². The monoisotopic (exact) mass is 393 g/mol. The number of likely N-dealkylation sites (tertiary alicyclic amines) is 1. The fraction of sp³-hybridized carbons (Fsp3) is 0.650. The first kappa shape index (κ1) is 20.3. The lowest BCUT2D eigenvalue weighted by Gasteiger charge is -2.35. The minimum Gasteiger partial charge on any atom is -0.350 e. The number of nitrogens with zero attached hydrogens (tertiary/aromatic N) is 2. The van der Waals surface area contributed by atoms with Gasteiger partial charge in [0.2, 0.25) is 10.0 Å². The standard InChI is InChI=1S/C20H31N3O3S/c1-16-6-5-11-22(15-16)17(2)14-21-20(24)18-7-9-19(10-8-18)27(25,26)23-12-3-4-13-23/h7-10,16-17H,3-6,11-15H2,1-2H3,(H,21,24). The number of piperidine rings is 1. The summed E-state index contributed by atoms with van der Waals surface area (Å²) < 4.78 is 26.6. The first-order valence-electron chi connectivity index (χ1n) is 10.0. The molecule has 150 valence electrons. The molecule has 0 bridgehead atoms. The van der Waals surface area contributed by atoms with E-state index in [1.54, 1.807) is 12.1 Å². The third kappa shape index (κ3) is 4.89. The van der Waals surface area contributed by atoms with Crippen molar-refractivity contribution in [3.05, 3.63) is 29.8 Å². The van der Waals surface area contributed by atoms with Crippen molar-refractivity contribution >= 4 is 15.9 Å². The molecule has 0 radical (unpaired) electrons. The first-order chi connectivity index (χ1) is 12.9. The second-order valence-electron chi connectivity index (χ2n) is 7.94. The third-order valence-electron chi connectivity index (χ3n) is 5.69. The Kier molecular flexibility index (Phi) is 6.55. The molecule has 2 atom stereocenters. The van der Waals surface area contributed by atoms with Crippen molar-refractivity contribution < 1.29 is 13.2 Å². The molecular formula is C20H31N3O3S. The number of nitrogens with one attached hydrogen (secondary N) is 1. The second kappa shape index (κ2) is 8.71. The molecule has 2 saturated heterocycles. The van der Waals surface area contributed by atoms with Gasteiger partial charge in [-0.15, -0.1) is 0 Å².